The number of hydrogen-bond acceptors (Lipinski definition) is 2. The van der Waals surface area contributed by atoms with Gasteiger partial charge in [0.15, 0.2) is 0 Å². The molecule has 0 radical (unpaired) electrons. The molecule has 0 fully saturated rings. The lowest BCUT2D eigenvalue weighted by Gasteiger charge is -2.29. The second-order valence-electron chi connectivity index (χ2n) is 4.59. The quantitative estimate of drug-likeness (QED) is 0.806. The Hall–Kier alpha value is -0.860. The van der Waals surface area contributed by atoms with Gasteiger partial charge in [-0.2, -0.15) is 0 Å². The molecule has 1 unspecified atom stereocenters. The Labute approximate surface area is 91.9 Å². The number of rotatable bonds is 5. The molecule has 0 saturated heterocycles. The van der Waals surface area contributed by atoms with Gasteiger partial charge in [-0.1, -0.05) is 44.2 Å². The molecule has 1 atom stereocenters. The zero-order valence-corrected chi connectivity index (χ0v) is 9.73. The van der Waals surface area contributed by atoms with Crippen LogP contribution in [0.1, 0.15) is 26.3 Å². The van der Waals surface area contributed by atoms with Crippen LogP contribution in [0.3, 0.4) is 0 Å². The predicted molar refractivity (Wildman–Crippen MR) is 61.6 cm³/mol. The van der Waals surface area contributed by atoms with Gasteiger partial charge in [0.2, 0.25) is 0 Å². The minimum atomic E-state index is -0.186. The summed E-state index contributed by atoms with van der Waals surface area (Å²) in [6.45, 7) is 6.75. The summed E-state index contributed by atoms with van der Waals surface area (Å²) in [6.07, 6.45) is 0.0442. The normalized spacial score (nSPS) is 13.9. The van der Waals surface area contributed by atoms with Gasteiger partial charge in [-0.05, 0) is 12.5 Å². The topological polar surface area (TPSA) is 29.5 Å². The Morgan fingerprint density at radius 1 is 1.27 bits per heavy atom. The Kier molecular flexibility index (Phi) is 4.30. The van der Waals surface area contributed by atoms with E-state index in [-0.39, 0.29) is 18.1 Å². The molecule has 1 N–H and O–H groups in total. The lowest BCUT2D eigenvalue weighted by atomic mass is 9.88. The largest absolute Gasteiger partial charge is 0.396 e. The van der Waals surface area contributed by atoms with Gasteiger partial charge in [-0.15, -0.1) is 0 Å². The molecule has 0 aliphatic heterocycles. The van der Waals surface area contributed by atoms with Crippen LogP contribution < -0.4 is 0 Å². The second kappa shape index (κ2) is 5.29. The average Bonchev–Trinajstić information content (AvgIpc) is 2.27. The van der Waals surface area contributed by atoms with Crippen molar-refractivity contribution in [1.82, 2.24) is 0 Å². The monoisotopic (exact) mass is 208 g/mol. The van der Waals surface area contributed by atoms with Crippen LogP contribution in [-0.4, -0.2) is 17.8 Å². The molecule has 15 heavy (non-hydrogen) atoms. The SMILES string of the molecule is CC(OCc1ccccc1)C(C)(C)CO. The molecule has 2 heteroatoms. The first-order valence-electron chi connectivity index (χ1n) is 5.32. The van der Waals surface area contributed by atoms with E-state index in [0.717, 1.165) is 5.56 Å². The minimum Gasteiger partial charge on any atom is -0.396 e. The van der Waals surface area contributed by atoms with Crippen molar-refractivity contribution in [1.29, 1.82) is 0 Å². The van der Waals surface area contributed by atoms with E-state index >= 15 is 0 Å². The first-order valence-corrected chi connectivity index (χ1v) is 5.32. The summed E-state index contributed by atoms with van der Waals surface area (Å²) >= 11 is 0. The van der Waals surface area contributed by atoms with Crippen LogP contribution in [-0.2, 0) is 11.3 Å². The van der Waals surface area contributed by atoms with Crippen molar-refractivity contribution in [3.05, 3.63) is 35.9 Å². The molecular formula is C13H20O2. The van der Waals surface area contributed by atoms with E-state index in [1.165, 1.54) is 0 Å². The fourth-order valence-corrected chi connectivity index (χ4v) is 1.15. The molecule has 0 saturated carbocycles. The third-order valence-electron chi connectivity index (χ3n) is 2.85. The first-order chi connectivity index (χ1) is 7.06. The highest BCUT2D eigenvalue weighted by atomic mass is 16.5. The molecule has 0 aliphatic rings. The van der Waals surface area contributed by atoms with Gasteiger partial charge in [0, 0.05) is 5.41 Å². The fourth-order valence-electron chi connectivity index (χ4n) is 1.15. The summed E-state index contributed by atoms with van der Waals surface area (Å²) in [4.78, 5) is 0. The fraction of sp³-hybridized carbons (Fsp3) is 0.538. The first kappa shape index (κ1) is 12.2. The second-order valence-corrected chi connectivity index (χ2v) is 4.59. The summed E-state index contributed by atoms with van der Waals surface area (Å²) in [5.41, 5.74) is 0.979. The van der Waals surface area contributed by atoms with Crippen LogP contribution >= 0.6 is 0 Å². The van der Waals surface area contributed by atoms with Crippen LogP contribution in [0.15, 0.2) is 30.3 Å². The summed E-state index contributed by atoms with van der Waals surface area (Å²) < 4.78 is 5.72. The van der Waals surface area contributed by atoms with Crippen molar-refractivity contribution in [2.45, 2.75) is 33.5 Å². The van der Waals surface area contributed by atoms with Gasteiger partial charge < -0.3 is 9.84 Å². The molecular weight excluding hydrogens is 188 g/mol. The van der Waals surface area contributed by atoms with Crippen molar-refractivity contribution < 1.29 is 9.84 Å². The van der Waals surface area contributed by atoms with E-state index in [1.807, 2.05) is 51.1 Å². The van der Waals surface area contributed by atoms with Crippen LogP contribution in [0.25, 0.3) is 0 Å². The molecule has 0 aromatic heterocycles. The Morgan fingerprint density at radius 2 is 1.87 bits per heavy atom. The van der Waals surface area contributed by atoms with Crippen molar-refractivity contribution in [3.63, 3.8) is 0 Å². The molecule has 0 amide bonds. The van der Waals surface area contributed by atoms with Crippen molar-refractivity contribution in [3.8, 4) is 0 Å². The molecule has 1 rings (SSSR count). The van der Waals surface area contributed by atoms with Crippen LogP contribution in [0.2, 0.25) is 0 Å². The van der Waals surface area contributed by atoms with E-state index in [0.29, 0.717) is 6.61 Å². The van der Waals surface area contributed by atoms with E-state index in [1.54, 1.807) is 0 Å². The number of aliphatic hydroxyl groups is 1. The summed E-state index contributed by atoms with van der Waals surface area (Å²) in [5.74, 6) is 0. The maximum atomic E-state index is 9.18. The summed E-state index contributed by atoms with van der Waals surface area (Å²) in [6, 6.07) is 10.1. The van der Waals surface area contributed by atoms with Gasteiger partial charge in [0.05, 0.1) is 19.3 Å². The van der Waals surface area contributed by atoms with Crippen LogP contribution in [0.4, 0.5) is 0 Å². The van der Waals surface area contributed by atoms with Gasteiger partial charge >= 0.3 is 0 Å². The Balaban J connectivity index is 2.44. The smallest absolute Gasteiger partial charge is 0.0720 e. The lowest BCUT2D eigenvalue weighted by Crippen LogP contribution is -2.32. The maximum Gasteiger partial charge on any atom is 0.0720 e. The van der Waals surface area contributed by atoms with Crippen LogP contribution in [0, 0.1) is 5.41 Å². The zero-order valence-electron chi connectivity index (χ0n) is 9.73. The number of aliphatic hydroxyl groups excluding tert-OH is 1. The van der Waals surface area contributed by atoms with E-state index < -0.39 is 0 Å². The minimum absolute atomic E-state index is 0.0442. The molecule has 0 bridgehead atoms. The van der Waals surface area contributed by atoms with E-state index in [4.69, 9.17) is 4.74 Å². The van der Waals surface area contributed by atoms with Gasteiger partial charge in [0.1, 0.15) is 0 Å². The van der Waals surface area contributed by atoms with Gasteiger partial charge in [0.25, 0.3) is 0 Å². The summed E-state index contributed by atoms with van der Waals surface area (Å²) in [7, 11) is 0. The van der Waals surface area contributed by atoms with E-state index in [9.17, 15) is 5.11 Å². The standard InChI is InChI=1S/C13H20O2/c1-11(13(2,3)10-14)15-9-12-7-5-4-6-8-12/h4-8,11,14H,9-10H2,1-3H3. The molecule has 0 heterocycles. The highest BCUT2D eigenvalue weighted by molar-refractivity contribution is 5.13. The molecule has 2 nitrogen and oxygen atoms in total. The third kappa shape index (κ3) is 3.65. The highest BCUT2D eigenvalue weighted by Gasteiger charge is 2.25. The number of hydrogen-bond donors (Lipinski definition) is 1. The molecule has 1 aromatic carbocycles. The molecule has 0 aliphatic carbocycles. The lowest BCUT2D eigenvalue weighted by molar-refractivity contribution is -0.0461. The highest BCUT2D eigenvalue weighted by Crippen LogP contribution is 2.22. The number of benzene rings is 1. The molecule has 84 valence electrons. The van der Waals surface area contributed by atoms with Gasteiger partial charge in [-0.3, -0.25) is 0 Å². The van der Waals surface area contributed by atoms with E-state index in [2.05, 4.69) is 0 Å². The molecule has 0 spiro atoms. The predicted octanol–water partition coefficient (Wildman–Crippen LogP) is 2.61. The van der Waals surface area contributed by atoms with Crippen LogP contribution in [0.5, 0.6) is 0 Å². The van der Waals surface area contributed by atoms with Crippen molar-refractivity contribution in [2.24, 2.45) is 5.41 Å². The third-order valence-corrected chi connectivity index (χ3v) is 2.85. The molecule has 1 aromatic rings. The zero-order chi connectivity index (χ0) is 11.3. The van der Waals surface area contributed by atoms with Crippen molar-refractivity contribution in [2.75, 3.05) is 6.61 Å². The summed E-state index contributed by atoms with van der Waals surface area (Å²) in [5, 5.41) is 9.18. The van der Waals surface area contributed by atoms with Crippen molar-refractivity contribution >= 4 is 0 Å². The Morgan fingerprint density at radius 3 is 2.40 bits per heavy atom. The maximum absolute atomic E-state index is 9.18. The van der Waals surface area contributed by atoms with Gasteiger partial charge in [-0.25, -0.2) is 0 Å². The average molecular weight is 208 g/mol. The number of ether oxygens (including phenoxy) is 1. The Bertz CT molecular complexity index is 280.